The average Bonchev–Trinajstić information content (AvgIpc) is 2.70. The van der Waals surface area contributed by atoms with Gasteiger partial charge < -0.3 is 5.32 Å². The first-order chi connectivity index (χ1) is 8.56. The molecule has 1 aromatic heterocycles. The number of aromatic nitrogens is 1. The minimum Gasteiger partial charge on any atom is -0.326 e. The second-order valence-corrected chi connectivity index (χ2v) is 5.32. The molecule has 0 aliphatic carbocycles. The molecule has 0 saturated carbocycles. The highest BCUT2D eigenvalue weighted by molar-refractivity contribution is 7.09. The SMILES string of the molecule is Cc1ccc(NC(=O)Cc2scnc2C)cc1C. The summed E-state index contributed by atoms with van der Waals surface area (Å²) in [5, 5.41) is 2.92. The fourth-order valence-electron chi connectivity index (χ4n) is 1.67. The Morgan fingerprint density at radius 2 is 2.06 bits per heavy atom. The third-order valence-corrected chi connectivity index (χ3v) is 3.89. The van der Waals surface area contributed by atoms with Crippen LogP contribution in [-0.2, 0) is 11.2 Å². The third-order valence-electron chi connectivity index (χ3n) is 2.96. The molecule has 1 heterocycles. The highest BCUT2D eigenvalue weighted by Gasteiger charge is 2.08. The number of aryl methyl sites for hydroxylation is 3. The lowest BCUT2D eigenvalue weighted by Crippen LogP contribution is -2.14. The molecule has 0 saturated heterocycles. The highest BCUT2D eigenvalue weighted by atomic mass is 32.1. The minimum absolute atomic E-state index is 0.00519. The molecule has 0 radical (unpaired) electrons. The zero-order chi connectivity index (χ0) is 13.1. The van der Waals surface area contributed by atoms with Crippen LogP contribution >= 0.6 is 11.3 Å². The summed E-state index contributed by atoms with van der Waals surface area (Å²) >= 11 is 1.52. The number of hydrogen-bond donors (Lipinski definition) is 1. The topological polar surface area (TPSA) is 42.0 Å². The smallest absolute Gasteiger partial charge is 0.229 e. The summed E-state index contributed by atoms with van der Waals surface area (Å²) in [4.78, 5) is 17.1. The normalized spacial score (nSPS) is 10.4. The molecule has 1 amide bonds. The summed E-state index contributed by atoms with van der Waals surface area (Å²) in [6.45, 7) is 6.02. The van der Waals surface area contributed by atoms with Crippen molar-refractivity contribution in [3.05, 3.63) is 45.4 Å². The number of carbonyl (C=O) groups excluding carboxylic acids is 1. The fourth-order valence-corrected chi connectivity index (χ4v) is 2.44. The van der Waals surface area contributed by atoms with Crippen molar-refractivity contribution in [3.8, 4) is 0 Å². The minimum atomic E-state index is 0.00519. The van der Waals surface area contributed by atoms with E-state index in [1.165, 1.54) is 22.5 Å². The van der Waals surface area contributed by atoms with E-state index in [9.17, 15) is 4.79 Å². The van der Waals surface area contributed by atoms with Crippen molar-refractivity contribution < 1.29 is 4.79 Å². The molecular weight excluding hydrogens is 244 g/mol. The van der Waals surface area contributed by atoms with Gasteiger partial charge in [-0.05, 0) is 44.0 Å². The van der Waals surface area contributed by atoms with Gasteiger partial charge in [-0.25, -0.2) is 4.98 Å². The summed E-state index contributed by atoms with van der Waals surface area (Å²) in [5.41, 5.74) is 5.97. The molecule has 1 N–H and O–H groups in total. The molecule has 0 unspecified atom stereocenters. The van der Waals surface area contributed by atoms with E-state index >= 15 is 0 Å². The van der Waals surface area contributed by atoms with Crippen LogP contribution in [0.5, 0.6) is 0 Å². The first-order valence-corrected chi connectivity index (χ1v) is 6.70. The van der Waals surface area contributed by atoms with Crippen molar-refractivity contribution in [1.82, 2.24) is 4.98 Å². The molecule has 18 heavy (non-hydrogen) atoms. The fraction of sp³-hybridized carbons (Fsp3) is 0.286. The standard InChI is InChI=1S/C14H16N2OS/c1-9-4-5-12(6-10(9)2)16-14(17)7-13-11(3)15-8-18-13/h4-6,8H,7H2,1-3H3,(H,16,17). The second-order valence-electron chi connectivity index (χ2n) is 4.38. The van der Waals surface area contributed by atoms with E-state index in [1.54, 1.807) is 5.51 Å². The average molecular weight is 260 g/mol. The molecule has 0 aliphatic heterocycles. The zero-order valence-corrected chi connectivity index (χ0v) is 11.6. The highest BCUT2D eigenvalue weighted by Crippen LogP contribution is 2.16. The first-order valence-electron chi connectivity index (χ1n) is 5.82. The van der Waals surface area contributed by atoms with Crippen molar-refractivity contribution in [2.75, 3.05) is 5.32 Å². The summed E-state index contributed by atoms with van der Waals surface area (Å²) in [6, 6.07) is 5.94. The van der Waals surface area contributed by atoms with Gasteiger partial charge in [-0.2, -0.15) is 0 Å². The molecule has 3 nitrogen and oxygen atoms in total. The lowest BCUT2D eigenvalue weighted by atomic mass is 10.1. The van der Waals surface area contributed by atoms with E-state index in [1.807, 2.05) is 32.0 Å². The van der Waals surface area contributed by atoms with Crippen molar-refractivity contribution >= 4 is 22.9 Å². The van der Waals surface area contributed by atoms with Crippen molar-refractivity contribution in [2.24, 2.45) is 0 Å². The number of carbonyl (C=O) groups is 1. The molecule has 0 spiro atoms. The molecule has 2 rings (SSSR count). The Bertz CT molecular complexity index is 575. The Labute approximate surface area is 111 Å². The Hall–Kier alpha value is -1.68. The van der Waals surface area contributed by atoms with Gasteiger partial charge in [-0.15, -0.1) is 11.3 Å². The molecule has 94 valence electrons. The van der Waals surface area contributed by atoms with Crippen LogP contribution in [-0.4, -0.2) is 10.9 Å². The number of benzene rings is 1. The lowest BCUT2D eigenvalue weighted by Gasteiger charge is -2.07. The van der Waals surface area contributed by atoms with Crippen LogP contribution in [0.2, 0.25) is 0 Å². The predicted molar refractivity (Wildman–Crippen MR) is 75.1 cm³/mol. The van der Waals surface area contributed by atoms with Crippen LogP contribution in [0.15, 0.2) is 23.7 Å². The number of amides is 1. The predicted octanol–water partition coefficient (Wildman–Crippen LogP) is 3.25. The van der Waals surface area contributed by atoms with Crippen LogP contribution in [0.4, 0.5) is 5.69 Å². The monoisotopic (exact) mass is 260 g/mol. The van der Waals surface area contributed by atoms with E-state index in [0.717, 1.165) is 16.3 Å². The lowest BCUT2D eigenvalue weighted by molar-refractivity contribution is -0.115. The first kappa shape index (κ1) is 12.8. The maximum atomic E-state index is 11.9. The number of thiazole rings is 1. The van der Waals surface area contributed by atoms with Crippen molar-refractivity contribution in [2.45, 2.75) is 27.2 Å². The van der Waals surface area contributed by atoms with Gasteiger partial charge in [0.15, 0.2) is 0 Å². The molecule has 0 aliphatic rings. The molecule has 0 atom stereocenters. The van der Waals surface area contributed by atoms with Gasteiger partial charge in [0.2, 0.25) is 5.91 Å². The number of nitrogens with zero attached hydrogens (tertiary/aromatic N) is 1. The molecule has 1 aromatic carbocycles. The van der Waals surface area contributed by atoms with Crippen LogP contribution < -0.4 is 5.32 Å². The Kier molecular flexibility index (Phi) is 3.77. The molecule has 0 bridgehead atoms. The largest absolute Gasteiger partial charge is 0.326 e. The molecular formula is C14H16N2OS. The molecule has 4 heteroatoms. The number of nitrogens with one attached hydrogen (secondary N) is 1. The third kappa shape index (κ3) is 2.96. The number of rotatable bonds is 3. The summed E-state index contributed by atoms with van der Waals surface area (Å²) in [6.07, 6.45) is 0.392. The van der Waals surface area contributed by atoms with E-state index in [-0.39, 0.29) is 5.91 Å². The van der Waals surface area contributed by atoms with Crippen LogP contribution in [0, 0.1) is 20.8 Å². The Morgan fingerprint density at radius 3 is 2.67 bits per heavy atom. The van der Waals surface area contributed by atoms with Crippen molar-refractivity contribution in [3.63, 3.8) is 0 Å². The van der Waals surface area contributed by atoms with Crippen LogP contribution in [0.3, 0.4) is 0 Å². The van der Waals surface area contributed by atoms with E-state index < -0.39 is 0 Å². The maximum absolute atomic E-state index is 11.9. The molecule has 0 fully saturated rings. The van der Waals surface area contributed by atoms with Crippen LogP contribution in [0.25, 0.3) is 0 Å². The van der Waals surface area contributed by atoms with Gasteiger partial charge >= 0.3 is 0 Å². The molecule has 2 aromatic rings. The van der Waals surface area contributed by atoms with Gasteiger partial charge in [0.25, 0.3) is 0 Å². The van der Waals surface area contributed by atoms with Gasteiger partial charge in [0.05, 0.1) is 17.6 Å². The Balaban J connectivity index is 2.03. The second kappa shape index (κ2) is 5.31. The van der Waals surface area contributed by atoms with Gasteiger partial charge in [0, 0.05) is 10.6 Å². The number of anilines is 1. The quantitative estimate of drug-likeness (QED) is 0.920. The van der Waals surface area contributed by atoms with E-state index in [4.69, 9.17) is 0 Å². The summed E-state index contributed by atoms with van der Waals surface area (Å²) in [5.74, 6) is 0.00519. The Morgan fingerprint density at radius 1 is 1.28 bits per heavy atom. The number of hydrogen-bond acceptors (Lipinski definition) is 3. The zero-order valence-electron chi connectivity index (χ0n) is 10.8. The van der Waals surface area contributed by atoms with Gasteiger partial charge in [-0.3, -0.25) is 4.79 Å². The summed E-state index contributed by atoms with van der Waals surface area (Å²) < 4.78 is 0. The maximum Gasteiger partial charge on any atom is 0.229 e. The van der Waals surface area contributed by atoms with Crippen LogP contribution in [0.1, 0.15) is 21.7 Å². The van der Waals surface area contributed by atoms with Gasteiger partial charge in [-0.1, -0.05) is 6.07 Å². The van der Waals surface area contributed by atoms with Gasteiger partial charge in [0.1, 0.15) is 0 Å². The van der Waals surface area contributed by atoms with E-state index in [0.29, 0.717) is 6.42 Å². The summed E-state index contributed by atoms with van der Waals surface area (Å²) in [7, 11) is 0. The van der Waals surface area contributed by atoms with E-state index in [2.05, 4.69) is 17.2 Å². The van der Waals surface area contributed by atoms with Crippen molar-refractivity contribution in [1.29, 1.82) is 0 Å².